The van der Waals surface area contributed by atoms with E-state index < -0.39 is 5.97 Å². The first kappa shape index (κ1) is 14.7. The minimum absolute atomic E-state index is 0.175. The van der Waals surface area contributed by atoms with Gasteiger partial charge in [-0.3, -0.25) is 0 Å². The lowest BCUT2D eigenvalue weighted by Gasteiger charge is -2.12. The van der Waals surface area contributed by atoms with E-state index >= 15 is 0 Å². The molecular formula is C15H12Cl2O3. The van der Waals surface area contributed by atoms with Gasteiger partial charge in [0, 0.05) is 5.56 Å². The summed E-state index contributed by atoms with van der Waals surface area (Å²) in [7, 11) is 1.34. The van der Waals surface area contributed by atoms with E-state index in [2.05, 4.69) is 0 Å². The fourth-order valence-electron chi connectivity index (χ4n) is 1.73. The van der Waals surface area contributed by atoms with Crippen LogP contribution in [0.25, 0.3) is 0 Å². The molecule has 0 N–H and O–H groups in total. The van der Waals surface area contributed by atoms with Crippen molar-refractivity contribution in [3.63, 3.8) is 0 Å². The third kappa shape index (κ3) is 3.24. The number of methoxy groups -OCH3 is 1. The summed E-state index contributed by atoms with van der Waals surface area (Å²) in [5, 5.41) is 0.848. The third-order valence-electron chi connectivity index (χ3n) is 2.71. The Morgan fingerprint density at radius 2 is 1.70 bits per heavy atom. The number of para-hydroxylation sites is 1. The molecule has 20 heavy (non-hydrogen) atoms. The molecule has 0 spiro atoms. The molecule has 0 saturated heterocycles. The van der Waals surface area contributed by atoms with E-state index in [4.69, 9.17) is 32.7 Å². The van der Waals surface area contributed by atoms with Gasteiger partial charge in [-0.2, -0.15) is 0 Å². The third-order valence-corrected chi connectivity index (χ3v) is 3.31. The van der Waals surface area contributed by atoms with Crippen LogP contribution in [0.1, 0.15) is 15.9 Å². The number of hydrogen-bond acceptors (Lipinski definition) is 3. The van der Waals surface area contributed by atoms with Crippen molar-refractivity contribution >= 4 is 29.2 Å². The Morgan fingerprint density at radius 1 is 1.05 bits per heavy atom. The van der Waals surface area contributed by atoms with Gasteiger partial charge in [-0.25, -0.2) is 4.79 Å². The molecule has 0 aromatic heterocycles. The van der Waals surface area contributed by atoms with Crippen LogP contribution in [-0.4, -0.2) is 13.1 Å². The fourth-order valence-corrected chi connectivity index (χ4v) is 2.23. The average molecular weight is 311 g/mol. The molecule has 3 nitrogen and oxygen atoms in total. The maximum Gasteiger partial charge on any atom is 0.338 e. The van der Waals surface area contributed by atoms with Crippen molar-refractivity contribution in [1.29, 1.82) is 0 Å². The molecule has 104 valence electrons. The number of halogens is 2. The normalized spacial score (nSPS) is 10.2. The molecule has 0 heterocycles. The second-order valence-corrected chi connectivity index (χ2v) is 4.80. The lowest BCUT2D eigenvalue weighted by atomic mass is 10.1. The van der Waals surface area contributed by atoms with Crippen LogP contribution in [0, 0.1) is 0 Å². The van der Waals surface area contributed by atoms with Crippen LogP contribution in [0.15, 0.2) is 42.5 Å². The van der Waals surface area contributed by atoms with Gasteiger partial charge >= 0.3 is 5.97 Å². The number of benzene rings is 2. The molecule has 0 fully saturated rings. The quantitative estimate of drug-likeness (QED) is 0.787. The SMILES string of the molecule is COC(=O)c1ccccc1COc1c(Cl)cccc1Cl. The van der Waals surface area contributed by atoms with Crippen LogP contribution in [0.4, 0.5) is 0 Å². The minimum Gasteiger partial charge on any atom is -0.486 e. The maximum absolute atomic E-state index is 11.6. The predicted molar refractivity (Wildman–Crippen MR) is 78.6 cm³/mol. The summed E-state index contributed by atoms with van der Waals surface area (Å²) in [6, 6.07) is 12.2. The molecule has 2 aromatic carbocycles. The zero-order chi connectivity index (χ0) is 14.5. The molecule has 0 saturated carbocycles. The monoisotopic (exact) mass is 310 g/mol. The average Bonchev–Trinajstić information content (AvgIpc) is 2.46. The number of hydrogen-bond donors (Lipinski definition) is 0. The van der Waals surface area contributed by atoms with E-state index in [0.29, 0.717) is 26.9 Å². The minimum atomic E-state index is -0.408. The highest BCUT2D eigenvalue weighted by molar-refractivity contribution is 6.37. The van der Waals surface area contributed by atoms with Gasteiger partial charge in [0.1, 0.15) is 6.61 Å². The first-order valence-corrected chi connectivity index (χ1v) is 6.62. The fraction of sp³-hybridized carbons (Fsp3) is 0.133. The van der Waals surface area contributed by atoms with E-state index in [0.717, 1.165) is 0 Å². The van der Waals surface area contributed by atoms with Gasteiger partial charge < -0.3 is 9.47 Å². The molecule has 0 atom stereocenters. The Kier molecular flexibility index (Phi) is 4.88. The summed E-state index contributed by atoms with van der Waals surface area (Å²) >= 11 is 12.0. The van der Waals surface area contributed by atoms with Crippen LogP contribution in [0.5, 0.6) is 5.75 Å². The van der Waals surface area contributed by atoms with Crippen molar-refractivity contribution in [1.82, 2.24) is 0 Å². The molecule has 0 aliphatic carbocycles. The zero-order valence-corrected chi connectivity index (χ0v) is 12.2. The van der Waals surface area contributed by atoms with Crippen LogP contribution in [0.3, 0.4) is 0 Å². The molecule has 2 aromatic rings. The highest BCUT2D eigenvalue weighted by atomic mass is 35.5. The first-order valence-electron chi connectivity index (χ1n) is 5.86. The van der Waals surface area contributed by atoms with Crippen LogP contribution in [-0.2, 0) is 11.3 Å². The van der Waals surface area contributed by atoms with Crippen LogP contribution < -0.4 is 4.74 Å². The van der Waals surface area contributed by atoms with E-state index in [1.54, 1.807) is 36.4 Å². The Balaban J connectivity index is 2.21. The van der Waals surface area contributed by atoms with Crippen molar-refractivity contribution in [3.05, 3.63) is 63.6 Å². The smallest absolute Gasteiger partial charge is 0.338 e. The molecular weight excluding hydrogens is 299 g/mol. The predicted octanol–water partition coefficient (Wildman–Crippen LogP) is 4.36. The van der Waals surface area contributed by atoms with Gasteiger partial charge in [0.15, 0.2) is 5.75 Å². The zero-order valence-electron chi connectivity index (χ0n) is 10.7. The van der Waals surface area contributed by atoms with E-state index in [1.807, 2.05) is 6.07 Å². The van der Waals surface area contributed by atoms with Gasteiger partial charge in [0.25, 0.3) is 0 Å². The van der Waals surface area contributed by atoms with E-state index in [1.165, 1.54) is 7.11 Å². The van der Waals surface area contributed by atoms with Crippen molar-refractivity contribution in [2.24, 2.45) is 0 Å². The highest BCUT2D eigenvalue weighted by Crippen LogP contribution is 2.33. The number of ether oxygens (including phenoxy) is 2. The van der Waals surface area contributed by atoms with Crippen LogP contribution >= 0.6 is 23.2 Å². The lowest BCUT2D eigenvalue weighted by molar-refractivity contribution is 0.0598. The summed E-state index contributed by atoms with van der Waals surface area (Å²) in [5.41, 5.74) is 1.16. The highest BCUT2D eigenvalue weighted by Gasteiger charge is 2.13. The summed E-state index contributed by atoms with van der Waals surface area (Å²) in [5.74, 6) is -0.00930. The number of carbonyl (C=O) groups is 1. The number of carbonyl (C=O) groups excluding carboxylic acids is 1. The summed E-state index contributed by atoms with van der Waals surface area (Å²) in [6.07, 6.45) is 0. The first-order chi connectivity index (χ1) is 9.63. The van der Waals surface area contributed by atoms with Gasteiger partial charge in [-0.15, -0.1) is 0 Å². The molecule has 0 aliphatic rings. The lowest BCUT2D eigenvalue weighted by Crippen LogP contribution is -2.08. The molecule has 0 bridgehead atoms. The molecule has 0 radical (unpaired) electrons. The van der Waals surface area contributed by atoms with E-state index in [9.17, 15) is 4.79 Å². The van der Waals surface area contributed by atoms with Crippen molar-refractivity contribution in [2.75, 3.05) is 7.11 Å². The molecule has 0 amide bonds. The second kappa shape index (κ2) is 6.64. The summed E-state index contributed by atoms with van der Waals surface area (Å²) in [4.78, 5) is 11.6. The van der Waals surface area contributed by atoms with Gasteiger partial charge in [-0.05, 0) is 18.2 Å². The Labute approximate surface area is 127 Å². The van der Waals surface area contributed by atoms with Gasteiger partial charge in [0.05, 0.1) is 22.7 Å². The van der Waals surface area contributed by atoms with Gasteiger partial charge in [0.2, 0.25) is 0 Å². The molecule has 2 rings (SSSR count). The standard InChI is InChI=1S/C15H12Cl2O3/c1-19-15(18)11-6-3-2-5-10(11)9-20-14-12(16)7-4-8-13(14)17/h2-8H,9H2,1H3. The topological polar surface area (TPSA) is 35.5 Å². The molecule has 0 unspecified atom stereocenters. The largest absolute Gasteiger partial charge is 0.486 e. The number of esters is 1. The Morgan fingerprint density at radius 3 is 2.35 bits per heavy atom. The Hall–Kier alpha value is -1.71. The number of rotatable bonds is 4. The van der Waals surface area contributed by atoms with E-state index in [-0.39, 0.29) is 6.61 Å². The molecule has 5 heteroatoms. The summed E-state index contributed by atoms with van der Waals surface area (Å²) < 4.78 is 10.3. The summed E-state index contributed by atoms with van der Waals surface area (Å²) in [6.45, 7) is 0.175. The molecule has 0 aliphatic heterocycles. The second-order valence-electron chi connectivity index (χ2n) is 3.99. The van der Waals surface area contributed by atoms with Crippen molar-refractivity contribution in [2.45, 2.75) is 6.61 Å². The van der Waals surface area contributed by atoms with Crippen molar-refractivity contribution < 1.29 is 14.3 Å². The van der Waals surface area contributed by atoms with Crippen LogP contribution in [0.2, 0.25) is 10.0 Å². The maximum atomic E-state index is 11.6. The Bertz CT molecular complexity index is 606. The van der Waals surface area contributed by atoms with Crippen molar-refractivity contribution in [3.8, 4) is 5.75 Å². The van der Waals surface area contributed by atoms with Gasteiger partial charge in [-0.1, -0.05) is 47.5 Å².